The van der Waals surface area contributed by atoms with Crippen molar-refractivity contribution in [1.29, 1.82) is 0 Å². The van der Waals surface area contributed by atoms with Gasteiger partial charge in [0.25, 0.3) is 5.89 Å². The van der Waals surface area contributed by atoms with Crippen molar-refractivity contribution in [3.8, 4) is 28.6 Å². The van der Waals surface area contributed by atoms with E-state index in [0.29, 0.717) is 47.6 Å². The van der Waals surface area contributed by atoms with Crippen molar-refractivity contribution >= 4 is 28.6 Å². The molecule has 1 aliphatic rings. The van der Waals surface area contributed by atoms with Crippen LogP contribution in [0.5, 0.6) is 5.75 Å². The lowest BCUT2D eigenvalue weighted by atomic mass is 10.1. The second kappa shape index (κ2) is 9.84. The highest BCUT2D eigenvalue weighted by molar-refractivity contribution is 6.32. The van der Waals surface area contributed by atoms with Gasteiger partial charge >= 0.3 is 6.09 Å². The van der Waals surface area contributed by atoms with Crippen molar-refractivity contribution in [3.63, 3.8) is 0 Å². The van der Waals surface area contributed by atoms with E-state index in [9.17, 15) is 9.90 Å². The molecule has 2 aromatic carbocycles. The Bertz CT molecular complexity index is 1460. The van der Waals surface area contributed by atoms with E-state index in [4.69, 9.17) is 20.9 Å². The molecule has 1 unspecified atom stereocenters. The molecule has 0 spiro atoms. The number of nitrogens with zero attached hydrogens (tertiary/aromatic N) is 4. The number of hydrogen-bond donors (Lipinski definition) is 1. The molecule has 194 valence electrons. The van der Waals surface area contributed by atoms with Crippen LogP contribution in [-0.4, -0.2) is 55.6 Å². The van der Waals surface area contributed by atoms with Crippen LogP contribution in [0.3, 0.4) is 0 Å². The summed E-state index contributed by atoms with van der Waals surface area (Å²) in [5.41, 5.74) is 3.67. The summed E-state index contributed by atoms with van der Waals surface area (Å²) in [5.74, 6) is 1.46. The minimum absolute atomic E-state index is 0.0178. The zero-order valence-corrected chi connectivity index (χ0v) is 22.3. The molecule has 2 atom stereocenters. The summed E-state index contributed by atoms with van der Waals surface area (Å²) in [6.45, 7) is 7.20. The highest BCUT2D eigenvalue weighted by Crippen LogP contribution is 2.35. The van der Waals surface area contributed by atoms with Crippen LogP contribution in [-0.2, 0) is 13.5 Å². The lowest BCUT2D eigenvalue weighted by Gasteiger charge is -2.32. The normalized spacial score (nSPS) is 19.7. The summed E-state index contributed by atoms with van der Waals surface area (Å²) < 4.78 is 13.5. The molecule has 1 amide bonds. The third kappa shape index (κ3) is 4.60. The van der Waals surface area contributed by atoms with Gasteiger partial charge in [0.2, 0.25) is 5.82 Å². The number of para-hydroxylation sites is 1. The van der Waals surface area contributed by atoms with Gasteiger partial charge in [-0.3, -0.25) is 0 Å². The van der Waals surface area contributed by atoms with Gasteiger partial charge in [-0.05, 0) is 50.6 Å². The maximum absolute atomic E-state index is 12.2. The number of benzene rings is 2. The van der Waals surface area contributed by atoms with Crippen LogP contribution >= 0.6 is 11.6 Å². The second-order valence-electron chi connectivity index (χ2n) is 10.2. The Morgan fingerprint density at radius 1 is 1.32 bits per heavy atom. The maximum atomic E-state index is 12.2. The first-order valence-electron chi connectivity index (χ1n) is 12.7. The predicted molar refractivity (Wildman–Crippen MR) is 143 cm³/mol. The van der Waals surface area contributed by atoms with Crippen LogP contribution in [0.4, 0.5) is 4.79 Å². The van der Waals surface area contributed by atoms with Crippen molar-refractivity contribution in [2.75, 3.05) is 13.1 Å². The van der Waals surface area contributed by atoms with Crippen molar-refractivity contribution in [1.82, 2.24) is 14.7 Å². The third-order valence-corrected chi connectivity index (χ3v) is 7.77. The Hall–Kier alpha value is -3.36. The molecule has 0 radical (unpaired) electrons. The predicted octanol–water partition coefficient (Wildman–Crippen LogP) is 6.56. The Balaban J connectivity index is 1.45. The number of likely N-dealkylation sites (tertiary alicyclic amines) is 1. The van der Waals surface area contributed by atoms with E-state index < -0.39 is 6.09 Å². The van der Waals surface area contributed by atoms with E-state index in [0.717, 1.165) is 34.9 Å². The van der Waals surface area contributed by atoms with E-state index in [1.807, 2.05) is 46.0 Å². The molecular formula is C28H32ClN4O4+. The minimum atomic E-state index is -0.728. The average molecular weight is 524 g/mol. The van der Waals surface area contributed by atoms with Crippen molar-refractivity contribution in [2.45, 2.75) is 52.2 Å². The number of ether oxygens (including phenoxy) is 1. The zero-order chi connectivity index (χ0) is 26.3. The molecule has 1 fully saturated rings. The Kier molecular flexibility index (Phi) is 6.72. The number of quaternary nitrogens is 1. The molecule has 5 rings (SSSR count). The van der Waals surface area contributed by atoms with E-state index in [-0.39, 0.29) is 16.6 Å². The monoisotopic (exact) mass is 523 g/mol. The van der Waals surface area contributed by atoms with Gasteiger partial charge in [-0.1, -0.05) is 28.9 Å². The number of aromatic nitrogens is 3. The van der Waals surface area contributed by atoms with Gasteiger partial charge in [-0.25, -0.2) is 4.48 Å². The number of amides is 1. The first-order chi connectivity index (χ1) is 17.7. The fraction of sp³-hybridized carbons (Fsp3) is 0.393. The topological polar surface area (TPSA) is 90.4 Å². The Morgan fingerprint density at radius 2 is 2.14 bits per heavy atom. The molecular weight excluding hydrogens is 492 g/mol. The average Bonchev–Trinajstić information content (AvgIpc) is 3.57. The van der Waals surface area contributed by atoms with Gasteiger partial charge in [0, 0.05) is 49.0 Å². The molecule has 0 saturated carbocycles. The first kappa shape index (κ1) is 25.3. The Labute approximate surface area is 221 Å². The summed E-state index contributed by atoms with van der Waals surface area (Å²) in [5, 5.41) is 15.8. The molecule has 0 bridgehead atoms. The molecule has 2 aromatic heterocycles. The summed E-state index contributed by atoms with van der Waals surface area (Å²) in [7, 11) is 1.99. The number of carbonyl (C=O) groups is 1. The van der Waals surface area contributed by atoms with Crippen LogP contribution in [0.15, 0.2) is 47.1 Å². The number of rotatable bonds is 7. The standard InChI is InChI=1S/C28H31ClN4O4/c1-17(2)36-24-11-10-19(15-23(24)29)27-30-26(31-37-27)22-9-5-8-21-20(16-32(4)25(21)22)12-14-33(28(34)35)13-6-7-18(33)3/h5,8-11,15-18H,6-7,12-14H2,1-4H3/p+1/t18-,33?/m1/s1. The van der Waals surface area contributed by atoms with Crippen LogP contribution in [0.25, 0.3) is 33.7 Å². The van der Waals surface area contributed by atoms with Crippen molar-refractivity contribution in [2.24, 2.45) is 7.05 Å². The molecule has 1 N–H and O–H groups in total. The van der Waals surface area contributed by atoms with E-state index >= 15 is 0 Å². The fourth-order valence-electron chi connectivity index (χ4n) is 5.53. The van der Waals surface area contributed by atoms with Gasteiger partial charge in [-0.15, -0.1) is 0 Å². The third-order valence-electron chi connectivity index (χ3n) is 7.48. The smallest absolute Gasteiger partial charge is 0.489 e. The maximum Gasteiger partial charge on any atom is 0.513 e. The van der Waals surface area contributed by atoms with E-state index in [1.54, 1.807) is 12.1 Å². The number of aryl methyl sites for hydroxylation is 1. The van der Waals surface area contributed by atoms with Gasteiger partial charge < -0.3 is 18.9 Å². The summed E-state index contributed by atoms with van der Waals surface area (Å²) >= 11 is 6.41. The number of hydrogen-bond acceptors (Lipinski definition) is 5. The second-order valence-corrected chi connectivity index (χ2v) is 10.6. The van der Waals surface area contributed by atoms with Gasteiger partial charge in [0.1, 0.15) is 5.75 Å². The molecule has 8 nitrogen and oxygen atoms in total. The zero-order valence-electron chi connectivity index (χ0n) is 21.6. The SMILES string of the molecule is CC(C)Oc1ccc(-c2nc(-c3cccc4c(CC[N+]5(C(=O)O)CCC[C@H]5C)cn(C)c34)no2)cc1Cl. The first-order valence-corrected chi connectivity index (χ1v) is 13.0. The van der Waals surface area contributed by atoms with Crippen molar-refractivity contribution < 1.29 is 23.6 Å². The highest BCUT2D eigenvalue weighted by Gasteiger charge is 2.45. The van der Waals surface area contributed by atoms with Crippen molar-refractivity contribution in [3.05, 3.63) is 53.2 Å². The lowest BCUT2D eigenvalue weighted by molar-refractivity contribution is -0.867. The summed E-state index contributed by atoms with van der Waals surface area (Å²) in [6.07, 6.45) is 3.95. The van der Waals surface area contributed by atoms with Crippen LogP contribution in [0.2, 0.25) is 5.02 Å². The van der Waals surface area contributed by atoms with Crippen LogP contribution in [0, 0.1) is 0 Å². The summed E-state index contributed by atoms with van der Waals surface area (Å²) in [4.78, 5) is 16.9. The van der Waals surface area contributed by atoms with Crippen LogP contribution in [0.1, 0.15) is 39.2 Å². The molecule has 0 aliphatic carbocycles. The van der Waals surface area contributed by atoms with E-state index in [1.165, 1.54) is 0 Å². The molecule has 9 heteroatoms. The molecule has 1 saturated heterocycles. The number of carboxylic acid groups (broad SMARTS) is 1. The van der Waals surface area contributed by atoms with Gasteiger partial charge in [0.05, 0.1) is 35.8 Å². The van der Waals surface area contributed by atoms with Gasteiger partial charge in [-0.2, -0.15) is 9.78 Å². The molecule has 4 aromatic rings. The highest BCUT2D eigenvalue weighted by atomic mass is 35.5. The van der Waals surface area contributed by atoms with Crippen LogP contribution < -0.4 is 4.74 Å². The lowest BCUT2D eigenvalue weighted by Crippen LogP contribution is -2.55. The number of halogens is 1. The van der Waals surface area contributed by atoms with E-state index in [2.05, 4.69) is 27.0 Å². The number of fused-ring (bicyclic) bond motifs is 1. The minimum Gasteiger partial charge on any atom is -0.489 e. The largest absolute Gasteiger partial charge is 0.513 e. The Morgan fingerprint density at radius 3 is 2.81 bits per heavy atom. The molecule has 3 heterocycles. The van der Waals surface area contributed by atoms with Gasteiger partial charge in [0.15, 0.2) is 0 Å². The quantitative estimate of drug-likeness (QED) is 0.276. The summed E-state index contributed by atoms with van der Waals surface area (Å²) in [6, 6.07) is 11.6. The molecule has 37 heavy (non-hydrogen) atoms. The molecule has 1 aliphatic heterocycles. The fourth-order valence-corrected chi connectivity index (χ4v) is 5.76.